The highest BCUT2D eigenvalue weighted by Crippen LogP contribution is 2.10. The van der Waals surface area contributed by atoms with Gasteiger partial charge < -0.3 is 15.6 Å². The molecule has 5 heteroatoms. The zero-order valence-electron chi connectivity index (χ0n) is 7.64. The van der Waals surface area contributed by atoms with Crippen LogP contribution in [0.1, 0.15) is 16.9 Å². The number of hydrogen-bond acceptors (Lipinski definition) is 2. The molecule has 0 spiro atoms. The highest BCUT2D eigenvalue weighted by molar-refractivity contribution is 9.10. The molecule has 14 heavy (non-hydrogen) atoms. The van der Waals surface area contributed by atoms with Gasteiger partial charge in [-0.05, 0) is 35.0 Å². The number of rotatable bonds is 2. The van der Waals surface area contributed by atoms with E-state index in [2.05, 4.69) is 31.5 Å². The number of carbonyl (C=O) groups is 1. The second-order valence-electron chi connectivity index (χ2n) is 3.39. The van der Waals surface area contributed by atoms with Crippen molar-refractivity contribution in [2.75, 3.05) is 13.1 Å². The smallest absolute Gasteiger partial charge is 0.267 e. The summed E-state index contributed by atoms with van der Waals surface area (Å²) in [6.45, 7) is 1.85. The van der Waals surface area contributed by atoms with Crippen molar-refractivity contribution in [3.63, 3.8) is 0 Å². The first kappa shape index (κ1) is 9.73. The topological polar surface area (TPSA) is 56.9 Å². The van der Waals surface area contributed by atoms with Crippen molar-refractivity contribution >= 4 is 21.8 Å². The number of aromatic amines is 1. The van der Waals surface area contributed by atoms with Gasteiger partial charge in [0.2, 0.25) is 0 Å². The van der Waals surface area contributed by atoms with Crippen LogP contribution in [-0.4, -0.2) is 30.0 Å². The number of hydrogen-bond donors (Lipinski definition) is 3. The van der Waals surface area contributed by atoms with Gasteiger partial charge in [0.15, 0.2) is 0 Å². The first-order chi connectivity index (χ1) is 6.75. The summed E-state index contributed by atoms with van der Waals surface area (Å²) < 4.78 is 0.896. The molecule has 1 aliphatic heterocycles. The first-order valence-corrected chi connectivity index (χ1v) is 5.40. The maximum Gasteiger partial charge on any atom is 0.267 e. The molecule has 1 aliphatic rings. The normalized spacial score (nSPS) is 21.1. The fourth-order valence-corrected chi connectivity index (χ4v) is 1.88. The molecule has 0 bridgehead atoms. The van der Waals surface area contributed by atoms with Crippen LogP contribution in [0.3, 0.4) is 0 Å². The van der Waals surface area contributed by atoms with Crippen LogP contribution in [-0.2, 0) is 0 Å². The lowest BCUT2D eigenvalue weighted by Gasteiger charge is -2.09. The van der Waals surface area contributed by atoms with E-state index in [0.717, 1.165) is 24.0 Å². The molecule has 0 unspecified atom stereocenters. The average Bonchev–Trinajstić information content (AvgIpc) is 2.75. The van der Waals surface area contributed by atoms with Gasteiger partial charge in [0, 0.05) is 23.3 Å². The van der Waals surface area contributed by atoms with Crippen molar-refractivity contribution in [2.45, 2.75) is 12.5 Å². The summed E-state index contributed by atoms with van der Waals surface area (Å²) in [5, 5.41) is 6.16. The Hall–Kier alpha value is -0.810. The molecule has 2 rings (SSSR count). The molecule has 0 aliphatic carbocycles. The summed E-state index contributed by atoms with van der Waals surface area (Å²) in [5.74, 6) is -0.0376. The van der Waals surface area contributed by atoms with Gasteiger partial charge in [0.05, 0.1) is 0 Å². The van der Waals surface area contributed by atoms with Crippen LogP contribution in [0.15, 0.2) is 16.7 Å². The third kappa shape index (κ3) is 2.16. The molecule has 2 heterocycles. The maximum absolute atomic E-state index is 11.6. The summed E-state index contributed by atoms with van der Waals surface area (Å²) in [6, 6.07) is 2.04. The number of carbonyl (C=O) groups excluding carboxylic acids is 1. The molecule has 0 aromatic carbocycles. The highest BCUT2D eigenvalue weighted by Gasteiger charge is 2.17. The monoisotopic (exact) mass is 257 g/mol. The van der Waals surface area contributed by atoms with Crippen LogP contribution in [0.4, 0.5) is 0 Å². The van der Waals surface area contributed by atoms with Gasteiger partial charge in [0.1, 0.15) is 5.69 Å². The fraction of sp³-hybridized carbons (Fsp3) is 0.444. The van der Waals surface area contributed by atoms with Gasteiger partial charge in [-0.2, -0.15) is 0 Å². The van der Waals surface area contributed by atoms with Crippen molar-refractivity contribution in [3.8, 4) is 0 Å². The molecule has 1 atom stereocenters. The largest absolute Gasteiger partial charge is 0.356 e. The molecular weight excluding hydrogens is 246 g/mol. The zero-order valence-corrected chi connectivity index (χ0v) is 9.23. The number of amides is 1. The average molecular weight is 258 g/mol. The van der Waals surface area contributed by atoms with Crippen molar-refractivity contribution in [3.05, 3.63) is 22.4 Å². The van der Waals surface area contributed by atoms with E-state index >= 15 is 0 Å². The lowest BCUT2D eigenvalue weighted by atomic mass is 10.2. The molecule has 1 amide bonds. The Morgan fingerprint density at radius 1 is 1.64 bits per heavy atom. The SMILES string of the molecule is O=C(N[C@@H]1CCNC1)c1cc(Br)c[nH]1. The van der Waals surface area contributed by atoms with E-state index in [4.69, 9.17) is 0 Å². The molecule has 1 saturated heterocycles. The van der Waals surface area contributed by atoms with Gasteiger partial charge in [-0.1, -0.05) is 0 Å². The van der Waals surface area contributed by atoms with Gasteiger partial charge >= 0.3 is 0 Å². The van der Waals surface area contributed by atoms with E-state index in [1.54, 1.807) is 12.3 Å². The summed E-state index contributed by atoms with van der Waals surface area (Å²) in [5.41, 5.74) is 0.601. The zero-order chi connectivity index (χ0) is 9.97. The van der Waals surface area contributed by atoms with E-state index in [1.807, 2.05) is 0 Å². The molecule has 3 N–H and O–H groups in total. The third-order valence-electron chi connectivity index (χ3n) is 2.29. The number of H-pyrrole nitrogens is 1. The maximum atomic E-state index is 11.6. The van der Waals surface area contributed by atoms with Crippen molar-refractivity contribution in [1.82, 2.24) is 15.6 Å². The highest BCUT2D eigenvalue weighted by atomic mass is 79.9. The predicted molar refractivity (Wildman–Crippen MR) is 57.2 cm³/mol. The van der Waals surface area contributed by atoms with Gasteiger partial charge in [-0.25, -0.2) is 0 Å². The molecule has 1 aromatic rings. The molecule has 1 aromatic heterocycles. The van der Waals surface area contributed by atoms with Crippen LogP contribution >= 0.6 is 15.9 Å². The molecule has 76 valence electrons. The Balaban J connectivity index is 1.95. The Bertz CT molecular complexity index is 331. The number of aromatic nitrogens is 1. The molecular formula is C9H12BrN3O. The summed E-state index contributed by atoms with van der Waals surface area (Å²) >= 11 is 3.29. The molecule has 4 nitrogen and oxygen atoms in total. The third-order valence-corrected chi connectivity index (χ3v) is 2.75. The van der Waals surface area contributed by atoms with Crippen LogP contribution in [0, 0.1) is 0 Å². The minimum atomic E-state index is -0.0376. The van der Waals surface area contributed by atoms with Gasteiger partial charge in [-0.3, -0.25) is 4.79 Å². The predicted octanol–water partition coefficient (Wildman–Crippen LogP) is 0.869. The Morgan fingerprint density at radius 2 is 2.50 bits per heavy atom. The lowest BCUT2D eigenvalue weighted by molar-refractivity contribution is 0.0935. The van der Waals surface area contributed by atoms with E-state index in [9.17, 15) is 4.79 Å². The minimum Gasteiger partial charge on any atom is -0.356 e. The van der Waals surface area contributed by atoms with Crippen LogP contribution < -0.4 is 10.6 Å². The van der Waals surface area contributed by atoms with Crippen molar-refractivity contribution in [2.24, 2.45) is 0 Å². The second kappa shape index (κ2) is 4.14. The van der Waals surface area contributed by atoms with Crippen LogP contribution in [0.25, 0.3) is 0 Å². The Kier molecular flexibility index (Phi) is 2.88. The summed E-state index contributed by atoms with van der Waals surface area (Å²) in [4.78, 5) is 14.5. The van der Waals surface area contributed by atoms with Crippen molar-refractivity contribution in [1.29, 1.82) is 0 Å². The quantitative estimate of drug-likeness (QED) is 0.737. The van der Waals surface area contributed by atoms with E-state index in [-0.39, 0.29) is 11.9 Å². The fourth-order valence-electron chi connectivity index (χ4n) is 1.54. The standard InChI is InChI=1S/C9H12BrN3O/c10-6-3-8(12-4-6)9(14)13-7-1-2-11-5-7/h3-4,7,11-12H,1-2,5H2,(H,13,14)/t7-/m1/s1. The lowest BCUT2D eigenvalue weighted by Crippen LogP contribution is -2.36. The van der Waals surface area contributed by atoms with E-state index < -0.39 is 0 Å². The summed E-state index contributed by atoms with van der Waals surface area (Å²) in [7, 11) is 0. The Labute approximate surface area is 90.6 Å². The first-order valence-electron chi connectivity index (χ1n) is 4.61. The minimum absolute atomic E-state index is 0.0376. The van der Waals surface area contributed by atoms with Crippen LogP contribution in [0.5, 0.6) is 0 Å². The molecule has 0 radical (unpaired) electrons. The number of halogens is 1. The van der Waals surface area contributed by atoms with E-state index in [0.29, 0.717) is 5.69 Å². The summed E-state index contributed by atoms with van der Waals surface area (Å²) in [6.07, 6.45) is 2.76. The van der Waals surface area contributed by atoms with Gasteiger partial charge in [-0.15, -0.1) is 0 Å². The van der Waals surface area contributed by atoms with E-state index in [1.165, 1.54) is 0 Å². The van der Waals surface area contributed by atoms with Gasteiger partial charge in [0.25, 0.3) is 5.91 Å². The Morgan fingerprint density at radius 3 is 3.07 bits per heavy atom. The second-order valence-corrected chi connectivity index (χ2v) is 4.31. The van der Waals surface area contributed by atoms with Crippen LogP contribution in [0.2, 0.25) is 0 Å². The molecule has 1 fully saturated rings. The van der Waals surface area contributed by atoms with Crippen molar-refractivity contribution < 1.29 is 4.79 Å². The molecule has 0 saturated carbocycles. The number of nitrogens with one attached hydrogen (secondary N) is 3.